The van der Waals surface area contributed by atoms with Crippen molar-refractivity contribution in [3.8, 4) is 0 Å². The molecule has 1 N–H and O–H groups in total. The van der Waals surface area contributed by atoms with E-state index < -0.39 is 11.9 Å². The van der Waals surface area contributed by atoms with Gasteiger partial charge in [-0.2, -0.15) is 0 Å². The number of carboxylic acids is 1. The van der Waals surface area contributed by atoms with E-state index >= 15 is 0 Å². The minimum absolute atomic E-state index is 0.149. The molecule has 1 unspecified atom stereocenters. The van der Waals surface area contributed by atoms with Crippen LogP contribution in [0.4, 0.5) is 0 Å². The van der Waals surface area contributed by atoms with Crippen molar-refractivity contribution in [2.45, 2.75) is 46.0 Å². The molecule has 0 saturated carbocycles. The monoisotopic (exact) mass is 186 g/mol. The van der Waals surface area contributed by atoms with Gasteiger partial charge in [-0.3, -0.25) is 9.59 Å². The maximum atomic E-state index is 11.2. The number of ketones is 1. The molecule has 0 aliphatic carbocycles. The summed E-state index contributed by atoms with van der Waals surface area (Å²) < 4.78 is 0. The molecule has 0 aliphatic heterocycles. The van der Waals surface area contributed by atoms with Gasteiger partial charge in [0.25, 0.3) is 0 Å². The molecule has 0 saturated heterocycles. The van der Waals surface area contributed by atoms with E-state index in [1.165, 1.54) is 6.92 Å². The lowest BCUT2D eigenvalue weighted by atomic mass is 10.0. The Kier molecular flexibility index (Phi) is 6.20. The zero-order valence-electron chi connectivity index (χ0n) is 8.38. The van der Waals surface area contributed by atoms with E-state index in [-0.39, 0.29) is 5.78 Å². The fraction of sp³-hybridized carbons (Fsp3) is 0.800. The van der Waals surface area contributed by atoms with Crippen molar-refractivity contribution in [2.75, 3.05) is 0 Å². The van der Waals surface area contributed by atoms with E-state index in [1.807, 2.05) is 0 Å². The standard InChI is InChI=1S/C10H18O3/c1-3-4-5-6-7-9(11)8(2)10(12)13/h8H,3-7H2,1-2H3,(H,12,13). The van der Waals surface area contributed by atoms with Crippen LogP contribution in [0.2, 0.25) is 0 Å². The lowest BCUT2D eigenvalue weighted by Gasteiger charge is -2.04. The molecule has 0 radical (unpaired) electrons. The van der Waals surface area contributed by atoms with Crippen molar-refractivity contribution in [1.29, 1.82) is 0 Å². The van der Waals surface area contributed by atoms with Crippen molar-refractivity contribution < 1.29 is 14.7 Å². The first kappa shape index (κ1) is 12.1. The lowest BCUT2D eigenvalue weighted by Crippen LogP contribution is -2.20. The highest BCUT2D eigenvalue weighted by Gasteiger charge is 2.19. The summed E-state index contributed by atoms with van der Waals surface area (Å²) in [5.74, 6) is -1.99. The number of hydrogen-bond acceptors (Lipinski definition) is 2. The van der Waals surface area contributed by atoms with Crippen LogP contribution in [0.5, 0.6) is 0 Å². The second-order valence-corrected chi connectivity index (χ2v) is 3.34. The summed E-state index contributed by atoms with van der Waals surface area (Å²) in [4.78, 5) is 21.6. The third kappa shape index (κ3) is 5.39. The van der Waals surface area contributed by atoms with E-state index in [0.717, 1.165) is 25.7 Å². The van der Waals surface area contributed by atoms with Gasteiger partial charge in [0.2, 0.25) is 0 Å². The van der Waals surface area contributed by atoms with Gasteiger partial charge in [0.1, 0.15) is 11.7 Å². The number of aliphatic carboxylic acids is 1. The van der Waals surface area contributed by atoms with Gasteiger partial charge in [0.15, 0.2) is 0 Å². The number of carbonyl (C=O) groups is 2. The molecule has 3 heteroatoms. The van der Waals surface area contributed by atoms with Crippen molar-refractivity contribution in [3.63, 3.8) is 0 Å². The molecule has 0 aromatic carbocycles. The summed E-state index contributed by atoms with van der Waals surface area (Å²) in [7, 11) is 0. The van der Waals surface area contributed by atoms with Gasteiger partial charge in [0, 0.05) is 6.42 Å². The molecular weight excluding hydrogens is 168 g/mol. The van der Waals surface area contributed by atoms with E-state index in [1.54, 1.807) is 0 Å². The maximum absolute atomic E-state index is 11.2. The molecule has 1 atom stereocenters. The largest absolute Gasteiger partial charge is 0.481 e. The maximum Gasteiger partial charge on any atom is 0.313 e. The van der Waals surface area contributed by atoms with Crippen LogP contribution in [0, 0.1) is 5.92 Å². The van der Waals surface area contributed by atoms with E-state index in [9.17, 15) is 9.59 Å². The third-order valence-corrected chi connectivity index (χ3v) is 2.13. The molecule has 0 rings (SSSR count). The lowest BCUT2D eigenvalue weighted by molar-refractivity contribution is -0.145. The fourth-order valence-electron chi connectivity index (χ4n) is 1.08. The SMILES string of the molecule is CCCCCCC(=O)C(C)C(=O)O. The Morgan fingerprint density at radius 1 is 1.23 bits per heavy atom. The second kappa shape index (κ2) is 6.63. The number of carboxylic acid groups (broad SMARTS) is 1. The summed E-state index contributed by atoms with van der Waals surface area (Å²) in [6, 6.07) is 0. The van der Waals surface area contributed by atoms with E-state index in [0.29, 0.717) is 6.42 Å². The number of unbranched alkanes of at least 4 members (excludes halogenated alkanes) is 3. The van der Waals surface area contributed by atoms with Crippen LogP contribution >= 0.6 is 0 Å². The molecule has 13 heavy (non-hydrogen) atoms. The molecule has 0 spiro atoms. The molecule has 0 amide bonds. The fourth-order valence-corrected chi connectivity index (χ4v) is 1.08. The number of hydrogen-bond donors (Lipinski definition) is 1. The Labute approximate surface area is 79.1 Å². The van der Waals surface area contributed by atoms with Crippen molar-refractivity contribution >= 4 is 11.8 Å². The molecule has 0 aromatic heterocycles. The predicted octanol–water partition coefficient (Wildman–Crippen LogP) is 2.25. The first-order valence-electron chi connectivity index (χ1n) is 4.85. The van der Waals surface area contributed by atoms with Gasteiger partial charge in [-0.05, 0) is 13.3 Å². The Morgan fingerprint density at radius 3 is 2.31 bits per heavy atom. The van der Waals surface area contributed by atoms with Gasteiger partial charge in [-0.25, -0.2) is 0 Å². The first-order chi connectivity index (χ1) is 6.09. The van der Waals surface area contributed by atoms with Crippen LogP contribution in [0.3, 0.4) is 0 Å². The van der Waals surface area contributed by atoms with E-state index in [2.05, 4.69) is 6.92 Å². The first-order valence-corrected chi connectivity index (χ1v) is 4.85. The van der Waals surface area contributed by atoms with Gasteiger partial charge in [0.05, 0.1) is 0 Å². The molecule has 3 nitrogen and oxygen atoms in total. The number of Topliss-reactive ketones (excluding diaryl/α,β-unsaturated/α-hetero) is 1. The van der Waals surface area contributed by atoms with Crippen LogP contribution in [-0.4, -0.2) is 16.9 Å². The Hall–Kier alpha value is -0.860. The second-order valence-electron chi connectivity index (χ2n) is 3.34. The van der Waals surface area contributed by atoms with Crippen molar-refractivity contribution in [3.05, 3.63) is 0 Å². The summed E-state index contributed by atoms with van der Waals surface area (Å²) in [6.07, 6.45) is 4.50. The Morgan fingerprint density at radius 2 is 1.85 bits per heavy atom. The molecular formula is C10H18O3. The Bertz CT molecular complexity index is 175. The average molecular weight is 186 g/mol. The highest BCUT2D eigenvalue weighted by molar-refractivity contribution is 5.97. The highest BCUT2D eigenvalue weighted by atomic mass is 16.4. The van der Waals surface area contributed by atoms with Crippen LogP contribution in [0.25, 0.3) is 0 Å². The number of carbonyl (C=O) groups excluding carboxylic acids is 1. The molecule has 0 aliphatic rings. The van der Waals surface area contributed by atoms with Crippen LogP contribution in [0.15, 0.2) is 0 Å². The predicted molar refractivity (Wildman–Crippen MR) is 50.6 cm³/mol. The third-order valence-electron chi connectivity index (χ3n) is 2.13. The highest BCUT2D eigenvalue weighted by Crippen LogP contribution is 2.07. The zero-order chi connectivity index (χ0) is 10.3. The van der Waals surface area contributed by atoms with Crippen molar-refractivity contribution in [2.24, 2.45) is 5.92 Å². The quantitative estimate of drug-likeness (QED) is 0.490. The van der Waals surface area contributed by atoms with Crippen LogP contribution < -0.4 is 0 Å². The normalized spacial score (nSPS) is 12.5. The zero-order valence-corrected chi connectivity index (χ0v) is 8.38. The topological polar surface area (TPSA) is 54.4 Å². The molecule has 0 aromatic rings. The van der Waals surface area contributed by atoms with Gasteiger partial charge < -0.3 is 5.11 Å². The van der Waals surface area contributed by atoms with E-state index in [4.69, 9.17) is 5.11 Å². The average Bonchev–Trinajstić information content (AvgIpc) is 2.10. The molecule has 76 valence electrons. The molecule has 0 fully saturated rings. The van der Waals surface area contributed by atoms with Crippen LogP contribution in [-0.2, 0) is 9.59 Å². The van der Waals surface area contributed by atoms with Gasteiger partial charge in [-0.1, -0.05) is 26.2 Å². The minimum Gasteiger partial charge on any atom is -0.481 e. The summed E-state index contributed by atoms with van der Waals surface area (Å²) in [6.45, 7) is 3.55. The summed E-state index contributed by atoms with van der Waals surface area (Å²) in [5, 5.41) is 8.53. The number of rotatable bonds is 7. The van der Waals surface area contributed by atoms with Gasteiger partial charge in [-0.15, -0.1) is 0 Å². The Balaban J connectivity index is 3.56. The molecule has 0 bridgehead atoms. The minimum atomic E-state index is -1.01. The summed E-state index contributed by atoms with van der Waals surface area (Å²) in [5.41, 5.74) is 0. The van der Waals surface area contributed by atoms with Crippen molar-refractivity contribution in [1.82, 2.24) is 0 Å². The smallest absolute Gasteiger partial charge is 0.313 e. The van der Waals surface area contributed by atoms with Crippen LogP contribution in [0.1, 0.15) is 46.0 Å². The molecule has 0 heterocycles. The summed E-state index contributed by atoms with van der Waals surface area (Å²) >= 11 is 0. The van der Waals surface area contributed by atoms with Gasteiger partial charge >= 0.3 is 5.97 Å².